The molecule has 5 rings (SSSR count). The van der Waals surface area contributed by atoms with Crippen LogP contribution < -0.4 is 10.9 Å². The van der Waals surface area contributed by atoms with E-state index in [4.69, 9.17) is 4.74 Å². The topological polar surface area (TPSA) is 125 Å². The minimum Gasteiger partial charge on any atom is -0.379 e. The molecule has 4 heterocycles. The van der Waals surface area contributed by atoms with Crippen molar-refractivity contribution in [3.8, 4) is 22.8 Å². The first-order valence-electron chi connectivity index (χ1n) is 10.2. The molecule has 1 saturated heterocycles. The monoisotopic (exact) mass is 418 g/mol. The van der Waals surface area contributed by atoms with Gasteiger partial charge < -0.3 is 15.0 Å². The number of aromatic amines is 2. The average molecular weight is 418 g/mol. The molecule has 10 nitrogen and oxygen atoms in total. The van der Waals surface area contributed by atoms with Crippen molar-refractivity contribution in [2.45, 2.75) is 0 Å². The van der Waals surface area contributed by atoms with Gasteiger partial charge in [-0.3, -0.25) is 9.69 Å². The van der Waals surface area contributed by atoms with Crippen molar-refractivity contribution in [3.05, 3.63) is 53.1 Å². The maximum atomic E-state index is 12.4. The van der Waals surface area contributed by atoms with Gasteiger partial charge in [-0.1, -0.05) is 12.1 Å². The molecule has 1 fully saturated rings. The summed E-state index contributed by atoms with van der Waals surface area (Å²) in [4.78, 5) is 31.1. The highest BCUT2D eigenvalue weighted by Crippen LogP contribution is 2.21. The van der Waals surface area contributed by atoms with Crippen molar-refractivity contribution in [2.75, 3.05) is 44.7 Å². The highest BCUT2D eigenvalue weighted by molar-refractivity contribution is 5.79. The molecule has 31 heavy (non-hydrogen) atoms. The number of nitrogens with zero attached hydrogens (tertiary/aromatic N) is 5. The molecule has 3 aromatic heterocycles. The fourth-order valence-corrected chi connectivity index (χ4v) is 3.55. The van der Waals surface area contributed by atoms with Crippen LogP contribution in [0.15, 0.2) is 47.5 Å². The Bertz CT molecular complexity index is 1210. The van der Waals surface area contributed by atoms with E-state index in [2.05, 4.69) is 40.3 Å². The molecule has 0 spiro atoms. The summed E-state index contributed by atoms with van der Waals surface area (Å²) in [5.74, 6) is 1.19. The van der Waals surface area contributed by atoms with Crippen molar-refractivity contribution < 1.29 is 4.74 Å². The Morgan fingerprint density at radius 3 is 2.84 bits per heavy atom. The van der Waals surface area contributed by atoms with Crippen LogP contribution in [0, 0.1) is 0 Å². The molecule has 10 heteroatoms. The number of imidazole rings is 1. The average Bonchev–Trinajstić information content (AvgIpc) is 3.24. The van der Waals surface area contributed by atoms with Crippen LogP contribution in [0.4, 0.5) is 5.82 Å². The third kappa shape index (κ3) is 4.30. The zero-order valence-electron chi connectivity index (χ0n) is 16.8. The zero-order chi connectivity index (χ0) is 21.0. The van der Waals surface area contributed by atoms with Gasteiger partial charge in [0.05, 0.1) is 35.5 Å². The van der Waals surface area contributed by atoms with Crippen molar-refractivity contribution in [2.24, 2.45) is 0 Å². The van der Waals surface area contributed by atoms with Crippen molar-refractivity contribution in [3.63, 3.8) is 0 Å². The zero-order valence-corrected chi connectivity index (χ0v) is 16.8. The highest BCUT2D eigenvalue weighted by Gasteiger charge is 2.13. The molecule has 3 N–H and O–H groups in total. The van der Waals surface area contributed by atoms with Gasteiger partial charge in [0.1, 0.15) is 23.7 Å². The van der Waals surface area contributed by atoms with Gasteiger partial charge in [-0.25, -0.2) is 20.1 Å². The van der Waals surface area contributed by atoms with Crippen LogP contribution in [0.2, 0.25) is 0 Å². The lowest BCUT2D eigenvalue weighted by molar-refractivity contribution is 0.0398. The summed E-state index contributed by atoms with van der Waals surface area (Å²) >= 11 is 0. The fourth-order valence-electron chi connectivity index (χ4n) is 3.55. The Labute approximate surface area is 177 Å². The lowest BCUT2D eigenvalue weighted by Gasteiger charge is -2.26. The SMILES string of the molecule is O=c1[nH]nc(-c2cc(NCCN3CCOCC3)ncn2)cc1-c1nc2ccccc2[nH]1. The Balaban J connectivity index is 1.36. The predicted molar refractivity (Wildman–Crippen MR) is 117 cm³/mol. The van der Waals surface area contributed by atoms with Crippen LogP contribution in [0.25, 0.3) is 33.8 Å². The van der Waals surface area contributed by atoms with Gasteiger partial charge in [-0.15, -0.1) is 0 Å². The Morgan fingerprint density at radius 2 is 1.97 bits per heavy atom. The van der Waals surface area contributed by atoms with E-state index in [-0.39, 0.29) is 5.56 Å². The van der Waals surface area contributed by atoms with E-state index in [0.717, 1.165) is 50.4 Å². The van der Waals surface area contributed by atoms with Gasteiger partial charge in [-0.05, 0) is 18.2 Å². The summed E-state index contributed by atoms with van der Waals surface area (Å²) in [6.07, 6.45) is 1.49. The normalized spacial score (nSPS) is 14.7. The fraction of sp³-hybridized carbons (Fsp3) is 0.286. The summed E-state index contributed by atoms with van der Waals surface area (Å²) in [7, 11) is 0. The van der Waals surface area contributed by atoms with E-state index in [9.17, 15) is 4.79 Å². The van der Waals surface area contributed by atoms with Crippen molar-refractivity contribution >= 4 is 16.9 Å². The number of benzene rings is 1. The van der Waals surface area contributed by atoms with Crippen LogP contribution >= 0.6 is 0 Å². The van der Waals surface area contributed by atoms with Crippen LogP contribution in [-0.2, 0) is 4.74 Å². The molecule has 0 atom stereocenters. The minimum absolute atomic E-state index is 0.319. The lowest BCUT2D eigenvalue weighted by atomic mass is 10.2. The maximum Gasteiger partial charge on any atom is 0.275 e. The quantitative estimate of drug-likeness (QED) is 0.430. The van der Waals surface area contributed by atoms with E-state index < -0.39 is 0 Å². The number of anilines is 1. The largest absolute Gasteiger partial charge is 0.379 e. The molecule has 0 saturated carbocycles. The third-order valence-electron chi connectivity index (χ3n) is 5.22. The van der Waals surface area contributed by atoms with E-state index in [1.165, 1.54) is 6.33 Å². The molecule has 1 aromatic carbocycles. The summed E-state index contributed by atoms with van der Waals surface area (Å²) in [6, 6.07) is 11.1. The van der Waals surface area contributed by atoms with Gasteiger partial charge >= 0.3 is 0 Å². The summed E-state index contributed by atoms with van der Waals surface area (Å²) < 4.78 is 5.37. The smallest absolute Gasteiger partial charge is 0.275 e. The summed E-state index contributed by atoms with van der Waals surface area (Å²) in [6.45, 7) is 5.13. The van der Waals surface area contributed by atoms with Crippen LogP contribution in [0.1, 0.15) is 0 Å². The molecular weight excluding hydrogens is 396 g/mol. The number of aromatic nitrogens is 6. The highest BCUT2D eigenvalue weighted by atomic mass is 16.5. The number of nitrogens with one attached hydrogen (secondary N) is 3. The Kier molecular flexibility index (Phi) is 5.38. The molecule has 0 amide bonds. The van der Waals surface area contributed by atoms with Crippen LogP contribution in [0.5, 0.6) is 0 Å². The van der Waals surface area contributed by atoms with Crippen LogP contribution in [0.3, 0.4) is 0 Å². The molecule has 158 valence electrons. The number of ether oxygens (including phenoxy) is 1. The second-order valence-corrected chi connectivity index (χ2v) is 7.27. The van der Waals surface area contributed by atoms with Gasteiger partial charge in [-0.2, -0.15) is 5.10 Å². The standard InChI is InChI=1S/C21H22N8O2/c30-21-14(20-25-15-3-1-2-4-16(15)26-20)11-18(27-28-21)17-12-19(24-13-23-17)22-5-6-29-7-9-31-10-8-29/h1-4,11-13H,5-10H2,(H,25,26)(H,28,30)(H,22,23,24). The van der Waals surface area contributed by atoms with Gasteiger partial charge in [0.2, 0.25) is 0 Å². The molecule has 0 bridgehead atoms. The van der Waals surface area contributed by atoms with E-state index in [1.54, 1.807) is 6.07 Å². The molecule has 0 aliphatic carbocycles. The first-order chi connectivity index (χ1) is 15.3. The van der Waals surface area contributed by atoms with Crippen molar-refractivity contribution in [1.29, 1.82) is 0 Å². The van der Waals surface area contributed by atoms with E-state index >= 15 is 0 Å². The number of hydrogen-bond acceptors (Lipinski definition) is 8. The number of para-hydroxylation sites is 2. The van der Waals surface area contributed by atoms with E-state index in [1.807, 2.05) is 30.3 Å². The molecule has 1 aliphatic heterocycles. The second-order valence-electron chi connectivity index (χ2n) is 7.27. The number of hydrogen-bond donors (Lipinski definition) is 3. The predicted octanol–water partition coefficient (Wildman–Crippen LogP) is 1.51. The summed E-state index contributed by atoms with van der Waals surface area (Å²) in [5, 5.41) is 10.0. The van der Waals surface area contributed by atoms with Crippen LogP contribution in [-0.4, -0.2) is 74.4 Å². The van der Waals surface area contributed by atoms with Crippen molar-refractivity contribution in [1.82, 2.24) is 35.0 Å². The molecule has 1 aliphatic rings. The third-order valence-corrected chi connectivity index (χ3v) is 5.22. The molecule has 0 radical (unpaired) electrons. The number of fused-ring (bicyclic) bond motifs is 1. The molecular formula is C21H22N8O2. The first kappa shape index (κ1) is 19.3. The van der Waals surface area contributed by atoms with Gasteiger partial charge in [0.15, 0.2) is 0 Å². The second kappa shape index (κ2) is 8.62. The molecule has 4 aromatic rings. The van der Waals surface area contributed by atoms with Gasteiger partial charge in [0, 0.05) is 32.2 Å². The number of morpholine rings is 1. The molecule has 0 unspecified atom stereocenters. The minimum atomic E-state index is -0.319. The number of H-pyrrole nitrogens is 2. The Morgan fingerprint density at radius 1 is 1.10 bits per heavy atom. The maximum absolute atomic E-state index is 12.4. The lowest BCUT2D eigenvalue weighted by Crippen LogP contribution is -2.39. The summed E-state index contributed by atoms with van der Waals surface area (Å²) in [5.41, 5.74) is 2.89. The Hall–Kier alpha value is -3.63. The van der Waals surface area contributed by atoms with E-state index in [0.29, 0.717) is 28.6 Å². The first-order valence-corrected chi connectivity index (χ1v) is 10.2. The van der Waals surface area contributed by atoms with Gasteiger partial charge in [0.25, 0.3) is 5.56 Å². The number of rotatable bonds is 6.